The lowest BCUT2D eigenvalue weighted by molar-refractivity contribution is -0.385. The zero-order chi connectivity index (χ0) is 17.7. The van der Waals surface area contributed by atoms with Crippen LogP contribution in [0, 0.1) is 10.1 Å². The second-order valence-electron chi connectivity index (χ2n) is 4.82. The van der Waals surface area contributed by atoms with Gasteiger partial charge in [0.15, 0.2) is 0 Å². The highest BCUT2D eigenvalue weighted by atomic mass is 79.9. The van der Waals surface area contributed by atoms with Crippen LogP contribution in [-0.2, 0) is 0 Å². The van der Waals surface area contributed by atoms with Gasteiger partial charge < -0.3 is 10.6 Å². The van der Waals surface area contributed by atoms with Crippen LogP contribution >= 0.6 is 15.9 Å². The summed E-state index contributed by atoms with van der Waals surface area (Å²) in [6.45, 7) is 2.31. The second-order valence-corrected chi connectivity index (χ2v) is 5.67. The predicted molar refractivity (Wildman–Crippen MR) is 93.2 cm³/mol. The first-order chi connectivity index (χ1) is 11.4. The van der Waals surface area contributed by atoms with E-state index in [1.807, 2.05) is 6.92 Å². The number of hydrogen-bond donors (Lipinski definition) is 2. The minimum absolute atomic E-state index is 0.147. The molecule has 0 aromatic heterocycles. The lowest BCUT2D eigenvalue weighted by Gasteiger charge is -2.08. The monoisotopic (exact) mass is 391 g/mol. The van der Waals surface area contributed by atoms with Gasteiger partial charge in [0.1, 0.15) is 0 Å². The van der Waals surface area contributed by atoms with Crippen LogP contribution in [0.25, 0.3) is 0 Å². The molecule has 0 aliphatic heterocycles. The van der Waals surface area contributed by atoms with Crippen molar-refractivity contribution in [2.75, 3.05) is 11.9 Å². The maximum atomic E-state index is 12.3. The second kappa shape index (κ2) is 7.69. The zero-order valence-electron chi connectivity index (χ0n) is 12.7. The number of anilines is 1. The Morgan fingerprint density at radius 1 is 1.12 bits per heavy atom. The van der Waals surface area contributed by atoms with Gasteiger partial charge >= 0.3 is 0 Å². The highest BCUT2D eigenvalue weighted by molar-refractivity contribution is 9.10. The fourth-order valence-electron chi connectivity index (χ4n) is 2.00. The minimum Gasteiger partial charge on any atom is -0.352 e. The number of carbonyl (C=O) groups is 2. The molecule has 7 nitrogen and oxygen atoms in total. The highest BCUT2D eigenvalue weighted by Crippen LogP contribution is 2.26. The molecule has 2 rings (SSSR count). The Hall–Kier alpha value is -2.74. The minimum atomic E-state index is -0.573. The topological polar surface area (TPSA) is 101 Å². The normalized spacial score (nSPS) is 10.1. The molecule has 24 heavy (non-hydrogen) atoms. The van der Waals surface area contributed by atoms with Crippen LogP contribution in [0.15, 0.2) is 46.9 Å². The molecule has 0 heterocycles. The third kappa shape index (κ3) is 4.17. The van der Waals surface area contributed by atoms with Crippen LogP contribution in [0.3, 0.4) is 0 Å². The van der Waals surface area contributed by atoms with Crippen LogP contribution in [0.4, 0.5) is 11.4 Å². The van der Waals surface area contributed by atoms with E-state index in [4.69, 9.17) is 0 Å². The molecule has 2 N–H and O–H groups in total. The van der Waals surface area contributed by atoms with Crippen molar-refractivity contribution in [1.82, 2.24) is 5.32 Å². The zero-order valence-corrected chi connectivity index (χ0v) is 14.3. The first-order valence-corrected chi connectivity index (χ1v) is 7.85. The number of rotatable bonds is 5. The van der Waals surface area contributed by atoms with Gasteiger partial charge in [0.25, 0.3) is 17.5 Å². The number of nitro benzene ring substituents is 1. The summed E-state index contributed by atoms with van der Waals surface area (Å²) in [7, 11) is 0. The molecular weight excluding hydrogens is 378 g/mol. The van der Waals surface area contributed by atoms with Gasteiger partial charge in [0.05, 0.1) is 9.40 Å². The first kappa shape index (κ1) is 17.6. The lowest BCUT2D eigenvalue weighted by Crippen LogP contribution is -2.22. The molecule has 0 aliphatic rings. The molecule has 2 aromatic carbocycles. The lowest BCUT2D eigenvalue weighted by atomic mass is 10.1. The van der Waals surface area contributed by atoms with E-state index in [9.17, 15) is 19.7 Å². The summed E-state index contributed by atoms with van der Waals surface area (Å²) >= 11 is 3.07. The number of nitrogens with zero attached hydrogens (tertiary/aromatic N) is 1. The highest BCUT2D eigenvalue weighted by Gasteiger charge is 2.16. The van der Waals surface area contributed by atoms with Crippen LogP contribution in [0.5, 0.6) is 0 Å². The first-order valence-electron chi connectivity index (χ1n) is 7.06. The fraction of sp³-hybridized carbons (Fsp3) is 0.125. The van der Waals surface area contributed by atoms with Crippen molar-refractivity contribution >= 4 is 39.1 Å². The van der Waals surface area contributed by atoms with Crippen LogP contribution in [0.1, 0.15) is 27.6 Å². The number of nitro groups is 1. The number of hydrogen-bond acceptors (Lipinski definition) is 4. The Morgan fingerprint density at radius 3 is 2.50 bits per heavy atom. The van der Waals surface area contributed by atoms with E-state index in [0.29, 0.717) is 22.3 Å². The maximum Gasteiger partial charge on any atom is 0.284 e. The smallest absolute Gasteiger partial charge is 0.284 e. The number of amides is 2. The van der Waals surface area contributed by atoms with Crippen molar-refractivity contribution < 1.29 is 14.5 Å². The molecule has 2 amide bonds. The summed E-state index contributed by atoms with van der Waals surface area (Å²) in [5.74, 6) is -0.744. The van der Waals surface area contributed by atoms with E-state index in [1.165, 1.54) is 24.3 Å². The molecule has 0 unspecified atom stereocenters. The van der Waals surface area contributed by atoms with Crippen LogP contribution in [0.2, 0.25) is 0 Å². The molecule has 0 bridgehead atoms. The third-order valence-electron chi connectivity index (χ3n) is 3.12. The average molecular weight is 392 g/mol. The number of nitrogens with one attached hydrogen (secondary N) is 2. The van der Waals surface area contributed by atoms with Crippen molar-refractivity contribution in [3.05, 3.63) is 68.2 Å². The van der Waals surface area contributed by atoms with Crippen LogP contribution < -0.4 is 10.6 Å². The van der Waals surface area contributed by atoms with E-state index in [0.717, 1.165) is 0 Å². The number of halogens is 1. The summed E-state index contributed by atoms with van der Waals surface area (Å²) in [6, 6.07) is 10.5. The largest absolute Gasteiger partial charge is 0.352 e. The molecular formula is C16H14BrN3O4. The summed E-state index contributed by atoms with van der Waals surface area (Å²) in [6.07, 6.45) is 0. The van der Waals surface area contributed by atoms with Gasteiger partial charge in [-0.15, -0.1) is 0 Å². The number of carbonyl (C=O) groups excluding carboxylic acids is 2. The molecule has 0 saturated carbocycles. The van der Waals surface area contributed by atoms with E-state index >= 15 is 0 Å². The Labute approximate surface area is 146 Å². The van der Waals surface area contributed by atoms with Crippen molar-refractivity contribution in [3.63, 3.8) is 0 Å². The molecule has 0 saturated heterocycles. The molecule has 0 atom stereocenters. The van der Waals surface area contributed by atoms with Crippen LogP contribution in [-0.4, -0.2) is 23.3 Å². The van der Waals surface area contributed by atoms with Gasteiger partial charge in [0.2, 0.25) is 0 Å². The molecule has 2 aromatic rings. The molecule has 0 fully saturated rings. The average Bonchev–Trinajstić information content (AvgIpc) is 2.55. The summed E-state index contributed by atoms with van der Waals surface area (Å²) in [5, 5.41) is 16.2. The third-order valence-corrected chi connectivity index (χ3v) is 3.80. The van der Waals surface area contributed by atoms with E-state index in [2.05, 4.69) is 26.6 Å². The summed E-state index contributed by atoms with van der Waals surface area (Å²) in [4.78, 5) is 34.4. The Bertz CT molecular complexity index is 808. The molecule has 8 heteroatoms. The molecule has 124 valence electrons. The number of benzene rings is 2. The Kier molecular flexibility index (Phi) is 5.64. The molecule has 0 spiro atoms. The Balaban J connectivity index is 2.21. The van der Waals surface area contributed by atoms with Gasteiger partial charge in [-0.2, -0.15) is 0 Å². The van der Waals surface area contributed by atoms with Gasteiger partial charge in [-0.1, -0.05) is 6.07 Å². The van der Waals surface area contributed by atoms with E-state index in [-0.39, 0.29) is 17.2 Å². The van der Waals surface area contributed by atoms with Gasteiger partial charge in [0, 0.05) is 29.4 Å². The molecule has 0 aliphatic carbocycles. The van der Waals surface area contributed by atoms with E-state index in [1.54, 1.807) is 18.2 Å². The molecule has 0 radical (unpaired) electrons. The van der Waals surface area contributed by atoms with Gasteiger partial charge in [-0.05, 0) is 53.2 Å². The SMILES string of the molecule is CCNC(=O)c1cccc(NC(=O)c2ccc(Br)c([N+](=O)[O-])c2)c1. The van der Waals surface area contributed by atoms with Gasteiger partial charge in [-0.25, -0.2) is 0 Å². The maximum absolute atomic E-state index is 12.3. The standard InChI is InChI=1S/C16H14BrN3O4/c1-2-18-15(21)10-4-3-5-12(8-10)19-16(22)11-6-7-13(17)14(9-11)20(23)24/h3-9H,2H2,1H3,(H,18,21)(H,19,22). The quantitative estimate of drug-likeness (QED) is 0.602. The van der Waals surface area contributed by atoms with Crippen molar-refractivity contribution in [2.45, 2.75) is 6.92 Å². The van der Waals surface area contributed by atoms with E-state index < -0.39 is 10.8 Å². The van der Waals surface area contributed by atoms with Crippen molar-refractivity contribution in [2.24, 2.45) is 0 Å². The van der Waals surface area contributed by atoms with Gasteiger partial charge in [-0.3, -0.25) is 19.7 Å². The fourth-order valence-corrected chi connectivity index (χ4v) is 2.39. The summed E-state index contributed by atoms with van der Waals surface area (Å²) in [5.41, 5.74) is 0.790. The van der Waals surface area contributed by atoms with Crippen molar-refractivity contribution in [3.8, 4) is 0 Å². The summed E-state index contributed by atoms with van der Waals surface area (Å²) < 4.78 is 0.294. The predicted octanol–water partition coefficient (Wildman–Crippen LogP) is 3.36. The van der Waals surface area contributed by atoms with Crippen molar-refractivity contribution in [1.29, 1.82) is 0 Å². The Morgan fingerprint density at radius 2 is 1.83 bits per heavy atom.